The molecule has 1 aromatic rings. The van der Waals surface area contributed by atoms with Crippen molar-refractivity contribution in [3.8, 4) is 18.1 Å². The van der Waals surface area contributed by atoms with Gasteiger partial charge in [0.15, 0.2) is 0 Å². The van der Waals surface area contributed by atoms with Gasteiger partial charge in [0.2, 0.25) is 0 Å². The van der Waals surface area contributed by atoms with Crippen LogP contribution in [0.2, 0.25) is 0 Å². The highest BCUT2D eigenvalue weighted by Gasteiger charge is 2.20. The van der Waals surface area contributed by atoms with Gasteiger partial charge in [-0.15, -0.1) is 6.42 Å². The van der Waals surface area contributed by atoms with Crippen molar-refractivity contribution in [2.75, 3.05) is 6.61 Å². The molecule has 0 saturated heterocycles. The molecule has 0 aliphatic heterocycles. The predicted octanol–water partition coefficient (Wildman–Crippen LogP) is 2.07. The van der Waals surface area contributed by atoms with Gasteiger partial charge < -0.3 is 9.84 Å². The first-order valence-electron chi connectivity index (χ1n) is 5.19. The minimum Gasteiger partial charge on any atom is -0.481 e. The highest BCUT2D eigenvalue weighted by molar-refractivity contribution is 5.43. The maximum absolute atomic E-state index is 9.82. The van der Waals surface area contributed by atoms with E-state index in [-0.39, 0.29) is 12.7 Å². The lowest BCUT2D eigenvalue weighted by molar-refractivity contribution is 0.155. The van der Waals surface area contributed by atoms with E-state index < -0.39 is 0 Å². The second kappa shape index (κ2) is 4.37. The molecule has 1 unspecified atom stereocenters. The average Bonchev–Trinajstić information content (AvgIpc) is 2.27. The molecular formula is C13H14O2. The number of hydrogen-bond donors (Lipinski definition) is 1. The Hall–Kier alpha value is -1.46. The number of hydrogen-bond acceptors (Lipinski definition) is 2. The fourth-order valence-corrected chi connectivity index (χ4v) is 2.04. The first-order chi connectivity index (χ1) is 7.33. The summed E-state index contributed by atoms with van der Waals surface area (Å²) >= 11 is 0. The van der Waals surface area contributed by atoms with Crippen LogP contribution >= 0.6 is 0 Å². The fraction of sp³-hybridized carbons (Fsp3) is 0.385. The molecule has 0 aromatic heterocycles. The summed E-state index contributed by atoms with van der Waals surface area (Å²) in [6.45, 7) is 0.284. The first kappa shape index (κ1) is 10.1. The van der Waals surface area contributed by atoms with Crippen LogP contribution in [0, 0.1) is 12.3 Å². The molecule has 2 nitrogen and oxygen atoms in total. The third kappa shape index (κ3) is 1.98. The van der Waals surface area contributed by atoms with E-state index in [1.807, 2.05) is 18.2 Å². The third-order valence-electron chi connectivity index (χ3n) is 2.74. The maximum atomic E-state index is 9.82. The third-order valence-corrected chi connectivity index (χ3v) is 2.74. The van der Waals surface area contributed by atoms with E-state index in [0.717, 1.165) is 36.1 Å². The Morgan fingerprint density at radius 2 is 2.40 bits per heavy atom. The lowest BCUT2D eigenvalue weighted by atomic mass is 9.89. The zero-order chi connectivity index (χ0) is 10.7. The van der Waals surface area contributed by atoms with Crippen LogP contribution in [0.4, 0.5) is 0 Å². The number of ether oxygens (including phenoxy) is 1. The summed E-state index contributed by atoms with van der Waals surface area (Å²) < 4.78 is 5.45. The molecule has 2 heteroatoms. The second-order valence-corrected chi connectivity index (χ2v) is 3.72. The molecule has 0 fully saturated rings. The Kier molecular flexibility index (Phi) is 2.94. The number of fused-ring (bicyclic) bond motifs is 1. The molecule has 0 radical (unpaired) electrons. The van der Waals surface area contributed by atoms with E-state index >= 15 is 0 Å². The summed E-state index contributed by atoms with van der Waals surface area (Å²) in [4.78, 5) is 0. The highest BCUT2D eigenvalue weighted by Crippen LogP contribution is 2.34. The van der Waals surface area contributed by atoms with Gasteiger partial charge in [0, 0.05) is 0 Å². The molecule has 15 heavy (non-hydrogen) atoms. The Morgan fingerprint density at radius 3 is 3.20 bits per heavy atom. The fourth-order valence-electron chi connectivity index (χ4n) is 2.04. The Morgan fingerprint density at radius 1 is 1.53 bits per heavy atom. The van der Waals surface area contributed by atoms with E-state index in [1.165, 1.54) is 0 Å². The first-order valence-corrected chi connectivity index (χ1v) is 5.19. The number of aliphatic hydroxyl groups is 1. The van der Waals surface area contributed by atoms with Gasteiger partial charge in [-0.1, -0.05) is 18.1 Å². The Labute approximate surface area is 89.9 Å². The maximum Gasteiger partial charge on any atom is 0.148 e. The average molecular weight is 202 g/mol. The lowest BCUT2D eigenvalue weighted by Crippen LogP contribution is -2.11. The zero-order valence-electron chi connectivity index (χ0n) is 8.57. The molecule has 0 bridgehead atoms. The van der Waals surface area contributed by atoms with Gasteiger partial charge in [0.1, 0.15) is 12.4 Å². The van der Waals surface area contributed by atoms with Crippen molar-refractivity contribution >= 4 is 0 Å². The van der Waals surface area contributed by atoms with E-state index in [9.17, 15) is 5.11 Å². The van der Waals surface area contributed by atoms with Gasteiger partial charge in [-0.05, 0) is 36.5 Å². The summed E-state index contributed by atoms with van der Waals surface area (Å²) in [6, 6.07) is 5.77. The summed E-state index contributed by atoms with van der Waals surface area (Å²) in [7, 11) is 0. The molecule has 1 aromatic carbocycles. The topological polar surface area (TPSA) is 29.5 Å². The molecule has 0 heterocycles. The standard InChI is InChI=1S/C13H14O2/c1-2-9-15-13-8-4-5-10-11(13)6-3-7-12(10)14/h1,4-5,8,12,14H,3,6-7,9H2. The molecule has 1 aliphatic rings. The van der Waals surface area contributed by atoms with Crippen LogP contribution in [0.15, 0.2) is 18.2 Å². The molecule has 2 rings (SSSR count). The summed E-state index contributed by atoms with van der Waals surface area (Å²) in [6.07, 6.45) is 7.62. The van der Waals surface area contributed by atoms with E-state index in [2.05, 4.69) is 5.92 Å². The van der Waals surface area contributed by atoms with Gasteiger partial charge in [-0.3, -0.25) is 0 Å². The van der Waals surface area contributed by atoms with E-state index in [0.29, 0.717) is 0 Å². The number of benzene rings is 1. The van der Waals surface area contributed by atoms with Crippen LogP contribution in [-0.4, -0.2) is 11.7 Å². The Bertz CT molecular complexity index is 390. The van der Waals surface area contributed by atoms with Gasteiger partial charge >= 0.3 is 0 Å². The number of rotatable bonds is 2. The number of terminal acetylenes is 1. The molecule has 1 N–H and O–H groups in total. The molecule has 78 valence electrons. The van der Waals surface area contributed by atoms with Crippen LogP contribution in [0.5, 0.6) is 5.75 Å². The summed E-state index contributed by atoms with van der Waals surface area (Å²) in [5.74, 6) is 3.27. The highest BCUT2D eigenvalue weighted by atomic mass is 16.5. The van der Waals surface area contributed by atoms with Crippen molar-refractivity contribution in [2.45, 2.75) is 25.4 Å². The predicted molar refractivity (Wildman–Crippen MR) is 58.7 cm³/mol. The van der Waals surface area contributed by atoms with Crippen LogP contribution in [0.1, 0.15) is 30.1 Å². The van der Waals surface area contributed by atoms with Gasteiger partial charge in [-0.2, -0.15) is 0 Å². The van der Waals surface area contributed by atoms with Crippen molar-refractivity contribution in [2.24, 2.45) is 0 Å². The molecular weight excluding hydrogens is 188 g/mol. The van der Waals surface area contributed by atoms with Crippen molar-refractivity contribution in [3.63, 3.8) is 0 Å². The van der Waals surface area contributed by atoms with Crippen molar-refractivity contribution < 1.29 is 9.84 Å². The van der Waals surface area contributed by atoms with Crippen molar-refractivity contribution in [1.29, 1.82) is 0 Å². The second-order valence-electron chi connectivity index (χ2n) is 3.72. The Balaban J connectivity index is 2.32. The minimum atomic E-state index is -0.344. The molecule has 0 spiro atoms. The normalized spacial score (nSPS) is 19.1. The van der Waals surface area contributed by atoms with Crippen LogP contribution in [-0.2, 0) is 6.42 Å². The molecule has 0 amide bonds. The smallest absolute Gasteiger partial charge is 0.148 e. The SMILES string of the molecule is C#CCOc1cccc2c1CCCC2O. The molecule has 1 atom stereocenters. The minimum absolute atomic E-state index is 0.284. The van der Waals surface area contributed by atoms with Crippen LogP contribution in [0.25, 0.3) is 0 Å². The van der Waals surface area contributed by atoms with E-state index in [1.54, 1.807) is 0 Å². The van der Waals surface area contributed by atoms with Gasteiger partial charge in [0.25, 0.3) is 0 Å². The largest absolute Gasteiger partial charge is 0.481 e. The zero-order valence-corrected chi connectivity index (χ0v) is 8.57. The monoisotopic (exact) mass is 202 g/mol. The van der Waals surface area contributed by atoms with Crippen molar-refractivity contribution in [3.05, 3.63) is 29.3 Å². The van der Waals surface area contributed by atoms with Gasteiger partial charge in [0.05, 0.1) is 6.10 Å². The quantitative estimate of drug-likeness (QED) is 0.744. The lowest BCUT2D eigenvalue weighted by Gasteiger charge is -2.23. The molecule has 1 aliphatic carbocycles. The van der Waals surface area contributed by atoms with Crippen molar-refractivity contribution in [1.82, 2.24) is 0 Å². The van der Waals surface area contributed by atoms with Gasteiger partial charge in [-0.25, -0.2) is 0 Å². The number of aliphatic hydroxyl groups excluding tert-OH is 1. The van der Waals surface area contributed by atoms with E-state index in [4.69, 9.17) is 11.2 Å². The summed E-state index contributed by atoms with van der Waals surface area (Å²) in [5.41, 5.74) is 2.11. The summed E-state index contributed by atoms with van der Waals surface area (Å²) in [5, 5.41) is 9.82. The van der Waals surface area contributed by atoms with Crippen LogP contribution in [0.3, 0.4) is 0 Å². The van der Waals surface area contributed by atoms with Crippen LogP contribution < -0.4 is 4.74 Å². The molecule has 0 saturated carbocycles.